The van der Waals surface area contributed by atoms with E-state index in [1.54, 1.807) is 0 Å². The van der Waals surface area contributed by atoms with Gasteiger partial charge in [0.15, 0.2) is 11.1 Å². The molecule has 0 amide bonds. The zero-order chi connectivity index (χ0) is 12.9. The van der Waals surface area contributed by atoms with Gasteiger partial charge in [0.1, 0.15) is 0 Å². The average molecular weight is 266 g/mol. The summed E-state index contributed by atoms with van der Waals surface area (Å²) in [5.74, 6) is -0.189. The van der Waals surface area contributed by atoms with Gasteiger partial charge in [-0.2, -0.15) is 5.26 Å². The van der Waals surface area contributed by atoms with Crippen molar-refractivity contribution in [2.24, 2.45) is 0 Å². The SMILES string of the molecule is O=C(CCCCCCCCCCS(=O)O)OO. The molecule has 6 heteroatoms. The largest absolute Gasteiger partial charge is 0.342 e. The number of carbonyl (C=O) groups excluding carboxylic acids is 1. The molecule has 0 aliphatic carbocycles. The summed E-state index contributed by atoms with van der Waals surface area (Å²) < 4.78 is 18.9. The Morgan fingerprint density at radius 3 is 1.88 bits per heavy atom. The first kappa shape index (κ1) is 16.5. The van der Waals surface area contributed by atoms with E-state index in [0.29, 0.717) is 5.75 Å². The van der Waals surface area contributed by atoms with Gasteiger partial charge in [0.05, 0.1) is 0 Å². The van der Waals surface area contributed by atoms with Crippen LogP contribution in [0.4, 0.5) is 0 Å². The van der Waals surface area contributed by atoms with Crippen molar-refractivity contribution in [3.05, 3.63) is 0 Å². The van der Waals surface area contributed by atoms with Crippen LogP contribution in [-0.4, -0.2) is 25.7 Å². The molecular formula is C11H22O5S. The molecule has 0 bridgehead atoms. The summed E-state index contributed by atoms with van der Waals surface area (Å²) in [6, 6.07) is 0. The van der Waals surface area contributed by atoms with E-state index < -0.39 is 17.0 Å². The van der Waals surface area contributed by atoms with Gasteiger partial charge in [0, 0.05) is 12.2 Å². The number of hydrogen-bond acceptors (Lipinski definition) is 4. The highest BCUT2D eigenvalue weighted by Crippen LogP contribution is 2.10. The fourth-order valence-electron chi connectivity index (χ4n) is 1.60. The number of carbonyl (C=O) groups is 1. The molecule has 0 saturated heterocycles. The van der Waals surface area contributed by atoms with Crippen LogP contribution in [0.15, 0.2) is 0 Å². The van der Waals surface area contributed by atoms with Crippen LogP contribution in [-0.2, 0) is 20.8 Å². The van der Waals surface area contributed by atoms with E-state index in [0.717, 1.165) is 51.4 Å². The summed E-state index contributed by atoms with van der Waals surface area (Å²) in [5, 5.41) is 8.01. The fourth-order valence-corrected chi connectivity index (χ4v) is 2.05. The number of unbranched alkanes of at least 4 members (excludes halogenated alkanes) is 7. The lowest BCUT2D eigenvalue weighted by Gasteiger charge is -2.01. The van der Waals surface area contributed by atoms with Crippen LogP contribution in [0, 0.1) is 0 Å². The zero-order valence-corrected chi connectivity index (χ0v) is 10.9. The quantitative estimate of drug-likeness (QED) is 0.260. The molecule has 0 aromatic rings. The van der Waals surface area contributed by atoms with Gasteiger partial charge in [-0.1, -0.05) is 38.5 Å². The van der Waals surface area contributed by atoms with Crippen molar-refractivity contribution in [2.45, 2.75) is 57.8 Å². The summed E-state index contributed by atoms with van der Waals surface area (Å²) in [5.41, 5.74) is 0. The van der Waals surface area contributed by atoms with Crippen molar-refractivity contribution in [1.29, 1.82) is 0 Å². The van der Waals surface area contributed by atoms with Crippen molar-refractivity contribution in [3.8, 4) is 0 Å². The maximum atomic E-state index is 10.6. The van der Waals surface area contributed by atoms with E-state index in [-0.39, 0.29) is 6.42 Å². The molecule has 0 rings (SSSR count). The van der Waals surface area contributed by atoms with Gasteiger partial charge in [0.25, 0.3) is 0 Å². The first-order chi connectivity index (χ1) is 8.16. The molecular weight excluding hydrogens is 244 g/mol. The number of hydrogen-bond donors (Lipinski definition) is 2. The first-order valence-electron chi connectivity index (χ1n) is 6.08. The van der Waals surface area contributed by atoms with Gasteiger partial charge in [-0.3, -0.25) is 0 Å². The molecule has 0 aliphatic rings. The molecule has 0 fully saturated rings. The Hall–Kier alpha value is -0.460. The Kier molecular flexibility index (Phi) is 11.7. The molecule has 5 nitrogen and oxygen atoms in total. The van der Waals surface area contributed by atoms with E-state index in [1.807, 2.05) is 0 Å². The third-order valence-electron chi connectivity index (χ3n) is 2.55. The molecule has 0 heterocycles. The lowest BCUT2D eigenvalue weighted by atomic mass is 10.1. The summed E-state index contributed by atoms with van der Waals surface area (Å²) >= 11 is -1.65. The van der Waals surface area contributed by atoms with Crippen molar-refractivity contribution < 1.29 is 23.7 Å². The smallest absolute Gasteiger partial charge is 0.306 e. The van der Waals surface area contributed by atoms with Gasteiger partial charge in [-0.25, -0.2) is 9.00 Å². The Morgan fingerprint density at radius 2 is 1.41 bits per heavy atom. The molecule has 0 spiro atoms. The van der Waals surface area contributed by atoms with Crippen LogP contribution in [0.25, 0.3) is 0 Å². The second-order valence-corrected chi connectivity index (χ2v) is 5.12. The van der Waals surface area contributed by atoms with Gasteiger partial charge in [-0.05, 0) is 12.8 Å². The molecule has 1 atom stereocenters. The summed E-state index contributed by atoms with van der Waals surface area (Å²) in [7, 11) is 0. The second kappa shape index (κ2) is 12.0. The predicted molar refractivity (Wildman–Crippen MR) is 65.9 cm³/mol. The van der Waals surface area contributed by atoms with Crippen LogP contribution < -0.4 is 0 Å². The van der Waals surface area contributed by atoms with Crippen LogP contribution >= 0.6 is 0 Å². The van der Waals surface area contributed by atoms with Crippen LogP contribution in [0.5, 0.6) is 0 Å². The van der Waals surface area contributed by atoms with E-state index >= 15 is 0 Å². The highest BCUT2D eigenvalue weighted by molar-refractivity contribution is 7.79. The first-order valence-corrected chi connectivity index (χ1v) is 7.36. The molecule has 17 heavy (non-hydrogen) atoms. The molecule has 0 aliphatic heterocycles. The highest BCUT2D eigenvalue weighted by Gasteiger charge is 2.00. The second-order valence-electron chi connectivity index (χ2n) is 4.07. The van der Waals surface area contributed by atoms with Crippen LogP contribution in [0.2, 0.25) is 0 Å². The molecule has 2 N–H and O–H groups in total. The normalized spacial score (nSPS) is 12.4. The fraction of sp³-hybridized carbons (Fsp3) is 0.909. The van der Waals surface area contributed by atoms with Gasteiger partial charge >= 0.3 is 5.97 Å². The van der Waals surface area contributed by atoms with Crippen LogP contribution in [0.3, 0.4) is 0 Å². The Bertz CT molecular complexity index is 220. The molecule has 0 aromatic carbocycles. The monoisotopic (exact) mass is 266 g/mol. The van der Waals surface area contributed by atoms with Gasteiger partial charge in [-0.15, -0.1) is 0 Å². The lowest BCUT2D eigenvalue weighted by Crippen LogP contribution is -1.99. The van der Waals surface area contributed by atoms with Crippen molar-refractivity contribution in [3.63, 3.8) is 0 Å². The van der Waals surface area contributed by atoms with Gasteiger partial charge < -0.3 is 9.44 Å². The molecule has 0 radical (unpaired) electrons. The number of rotatable bonds is 11. The Morgan fingerprint density at radius 1 is 0.941 bits per heavy atom. The van der Waals surface area contributed by atoms with E-state index in [2.05, 4.69) is 4.89 Å². The molecule has 102 valence electrons. The lowest BCUT2D eigenvalue weighted by molar-refractivity contribution is -0.234. The topological polar surface area (TPSA) is 83.8 Å². The summed E-state index contributed by atoms with van der Waals surface area (Å²) in [6.07, 6.45) is 8.23. The maximum absolute atomic E-state index is 10.6. The van der Waals surface area contributed by atoms with Crippen molar-refractivity contribution in [2.75, 3.05) is 5.75 Å². The van der Waals surface area contributed by atoms with Gasteiger partial charge in [0.2, 0.25) is 0 Å². The van der Waals surface area contributed by atoms with E-state index in [9.17, 15) is 9.00 Å². The zero-order valence-electron chi connectivity index (χ0n) is 10.1. The third-order valence-corrected chi connectivity index (χ3v) is 3.19. The molecule has 1 unspecified atom stereocenters. The summed E-state index contributed by atoms with van der Waals surface area (Å²) in [6.45, 7) is 0. The Balaban J connectivity index is 3.03. The standard InChI is InChI=1S/C11H22O5S/c12-11(16-13)9-7-5-3-1-2-4-6-8-10-17(14)15/h13H,1-10H2,(H,14,15). The average Bonchev–Trinajstić information content (AvgIpc) is 2.30. The van der Waals surface area contributed by atoms with Crippen molar-refractivity contribution >= 4 is 17.0 Å². The minimum absolute atomic E-state index is 0.277. The molecule has 0 saturated carbocycles. The Labute approximate surface area is 105 Å². The van der Waals surface area contributed by atoms with E-state index in [1.165, 1.54) is 0 Å². The van der Waals surface area contributed by atoms with Crippen LogP contribution in [0.1, 0.15) is 57.8 Å². The minimum atomic E-state index is -1.65. The van der Waals surface area contributed by atoms with E-state index in [4.69, 9.17) is 9.81 Å². The van der Waals surface area contributed by atoms with Crippen molar-refractivity contribution in [1.82, 2.24) is 0 Å². The third kappa shape index (κ3) is 13.5. The summed E-state index contributed by atoms with van der Waals surface area (Å²) in [4.78, 5) is 14.1. The molecule has 0 aromatic heterocycles. The maximum Gasteiger partial charge on any atom is 0.342 e. The minimum Gasteiger partial charge on any atom is -0.306 e. The predicted octanol–water partition coefficient (Wildman–Crippen LogP) is 2.74. The highest BCUT2D eigenvalue weighted by atomic mass is 32.2.